The third kappa shape index (κ3) is 5.26. The molecule has 3 amide bonds. The van der Waals surface area contributed by atoms with Crippen molar-refractivity contribution in [3.63, 3.8) is 0 Å². The summed E-state index contributed by atoms with van der Waals surface area (Å²) >= 11 is 0. The highest BCUT2D eigenvalue weighted by atomic mass is 16.2. The lowest BCUT2D eigenvalue weighted by molar-refractivity contribution is -0.136. The predicted octanol–water partition coefficient (Wildman–Crippen LogP) is 5.17. The first-order valence-electron chi connectivity index (χ1n) is 12.6. The monoisotopic (exact) mass is 498 g/mol. The minimum atomic E-state index is -1.19. The first kappa shape index (κ1) is 26.1. The Morgan fingerprint density at radius 3 is 2.49 bits per heavy atom. The summed E-state index contributed by atoms with van der Waals surface area (Å²) in [6.45, 7) is 7.81. The molecule has 37 heavy (non-hydrogen) atoms. The van der Waals surface area contributed by atoms with E-state index in [2.05, 4.69) is 17.2 Å². The molecule has 1 unspecified atom stereocenters. The highest BCUT2D eigenvalue weighted by Gasteiger charge is 2.42. The van der Waals surface area contributed by atoms with Gasteiger partial charge in [0.05, 0.1) is 17.4 Å². The van der Waals surface area contributed by atoms with Crippen LogP contribution in [0.5, 0.6) is 0 Å². The molecule has 7 heteroatoms. The van der Waals surface area contributed by atoms with Crippen LogP contribution in [-0.2, 0) is 16.0 Å². The Morgan fingerprint density at radius 1 is 1.11 bits per heavy atom. The number of fused-ring (bicyclic) bond motifs is 1. The minimum absolute atomic E-state index is 0.0513. The highest BCUT2D eigenvalue weighted by Crippen LogP contribution is 2.38. The van der Waals surface area contributed by atoms with Crippen molar-refractivity contribution >= 4 is 29.1 Å². The van der Waals surface area contributed by atoms with Crippen molar-refractivity contribution in [2.45, 2.75) is 46.6 Å². The largest absolute Gasteiger partial charge is 0.331 e. The average Bonchev–Trinajstić information content (AvgIpc) is 2.96. The molecule has 1 aromatic heterocycles. The lowest BCUT2D eigenvalue weighted by atomic mass is 9.91. The molecule has 0 fully saturated rings. The molecule has 7 nitrogen and oxygen atoms in total. The zero-order chi connectivity index (χ0) is 26.7. The van der Waals surface area contributed by atoms with Crippen LogP contribution in [0.4, 0.5) is 11.4 Å². The Bertz CT molecular complexity index is 1300. The molecule has 1 aliphatic heterocycles. The number of nitrogens with one attached hydrogen (secondary N) is 1. The number of nitrogens with zero attached hydrogens (tertiary/aromatic N) is 3. The van der Waals surface area contributed by atoms with Gasteiger partial charge in [0.1, 0.15) is 5.41 Å². The quantitative estimate of drug-likeness (QED) is 0.456. The van der Waals surface area contributed by atoms with Gasteiger partial charge in [0, 0.05) is 31.5 Å². The summed E-state index contributed by atoms with van der Waals surface area (Å²) in [5.74, 6) is -0.668. The number of aryl methyl sites for hydroxylation is 1. The van der Waals surface area contributed by atoms with E-state index in [-0.39, 0.29) is 23.8 Å². The van der Waals surface area contributed by atoms with E-state index in [4.69, 9.17) is 0 Å². The van der Waals surface area contributed by atoms with Gasteiger partial charge in [-0.3, -0.25) is 19.4 Å². The first-order valence-corrected chi connectivity index (χ1v) is 12.6. The minimum Gasteiger partial charge on any atom is -0.331 e. The van der Waals surface area contributed by atoms with Gasteiger partial charge in [0.25, 0.3) is 5.91 Å². The molecule has 0 radical (unpaired) electrons. The number of benzene rings is 2. The van der Waals surface area contributed by atoms with Gasteiger partial charge in [-0.05, 0) is 75.1 Å². The van der Waals surface area contributed by atoms with E-state index in [9.17, 15) is 14.4 Å². The molecule has 0 spiro atoms. The number of rotatable bonds is 7. The van der Waals surface area contributed by atoms with Gasteiger partial charge in [0.2, 0.25) is 11.8 Å². The van der Waals surface area contributed by atoms with E-state index in [0.29, 0.717) is 36.3 Å². The average molecular weight is 499 g/mol. The smallest absolute Gasteiger partial charge is 0.254 e. The fraction of sp³-hybridized carbons (Fsp3) is 0.333. The number of amides is 3. The SMILES string of the molecule is CCC(c1ccc2c(c1)N(C)C(=O)C(C)(C)C(=O)N2)N(CCc1cccnc1)C(=O)c1ccc(C)cc1. The fourth-order valence-corrected chi connectivity index (χ4v) is 4.74. The van der Waals surface area contributed by atoms with Crippen LogP contribution >= 0.6 is 0 Å². The molecular weight excluding hydrogens is 464 g/mol. The maximum absolute atomic E-state index is 13.8. The number of pyridine rings is 1. The van der Waals surface area contributed by atoms with Crippen molar-refractivity contribution in [1.82, 2.24) is 9.88 Å². The van der Waals surface area contributed by atoms with Crippen LogP contribution in [0, 0.1) is 12.3 Å². The number of carbonyl (C=O) groups excluding carboxylic acids is 3. The van der Waals surface area contributed by atoms with E-state index in [1.807, 2.05) is 72.6 Å². The second-order valence-electron chi connectivity index (χ2n) is 10.1. The molecule has 192 valence electrons. The van der Waals surface area contributed by atoms with E-state index in [0.717, 1.165) is 16.7 Å². The summed E-state index contributed by atoms with van der Waals surface area (Å²) in [6.07, 6.45) is 4.90. The standard InChI is InChI=1S/C30H34N4O3/c1-6-25(23-13-14-24-26(18-23)33(5)29(37)30(3,4)28(36)32-24)34(17-15-21-8-7-16-31-19-21)27(35)22-11-9-20(2)10-12-22/h7-14,16,18-19,25H,6,15,17H2,1-5H3,(H,32,36). The Hall–Kier alpha value is -4.00. The molecule has 3 aromatic rings. The summed E-state index contributed by atoms with van der Waals surface area (Å²) in [4.78, 5) is 47.3. The normalized spacial score (nSPS) is 15.4. The number of carbonyl (C=O) groups is 3. The van der Waals surface area contributed by atoms with Gasteiger partial charge in [0.15, 0.2) is 0 Å². The summed E-state index contributed by atoms with van der Waals surface area (Å²) in [7, 11) is 1.69. The van der Waals surface area contributed by atoms with Gasteiger partial charge >= 0.3 is 0 Å². The Morgan fingerprint density at radius 2 is 1.84 bits per heavy atom. The number of aromatic nitrogens is 1. The molecule has 0 saturated carbocycles. The third-order valence-corrected chi connectivity index (χ3v) is 7.11. The number of hydrogen-bond acceptors (Lipinski definition) is 4. The second-order valence-corrected chi connectivity index (χ2v) is 10.1. The molecule has 0 bridgehead atoms. The summed E-state index contributed by atoms with van der Waals surface area (Å²) in [6, 6.07) is 17.0. The van der Waals surface area contributed by atoms with Crippen LogP contribution in [-0.4, -0.2) is 41.2 Å². The number of hydrogen-bond donors (Lipinski definition) is 1. The van der Waals surface area contributed by atoms with Crippen molar-refractivity contribution in [2.24, 2.45) is 5.41 Å². The van der Waals surface area contributed by atoms with Crippen molar-refractivity contribution < 1.29 is 14.4 Å². The Balaban J connectivity index is 1.73. The summed E-state index contributed by atoms with van der Waals surface area (Å²) in [5.41, 5.74) is 3.69. The van der Waals surface area contributed by atoms with Crippen molar-refractivity contribution in [3.8, 4) is 0 Å². The van der Waals surface area contributed by atoms with E-state index in [1.54, 1.807) is 27.1 Å². The van der Waals surface area contributed by atoms with Crippen LogP contribution in [0.15, 0.2) is 67.0 Å². The van der Waals surface area contributed by atoms with Gasteiger partial charge in [-0.25, -0.2) is 0 Å². The molecule has 1 aliphatic rings. The van der Waals surface area contributed by atoms with Crippen molar-refractivity contribution in [3.05, 3.63) is 89.2 Å². The van der Waals surface area contributed by atoms with Crippen molar-refractivity contribution in [2.75, 3.05) is 23.8 Å². The third-order valence-electron chi connectivity index (χ3n) is 7.11. The molecule has 1 N–H and O–H groups in total. The summed E-state index contributed by atoms with van der Waals surface area (Å²) in [5, 5.41) is 2.90. The Labute approximate surface area is 218 Å². The molecule has 2 aromatic carbocycles. The first-order chi connectivity index (χ1) is 17.6. The molecule has 0 aliphatic carbocycles. The Kier molecular flexibility index (Phi) is 7.43. The molecular formula is C30H34N4O3. The second kappa shape index (κ2) is 10.5. The fourth-order valence-electron chi connectivity index (χ4n) is 4.74. The molecule has 1 atom stereocenters. The van der Waals surface area contributed by atoms with Gasteiger partial charge in [-0.1, -0.05) is 36.8 Å². The predicted molar refractivity (Wildman–Crippen MR) is 145 cm³/mol. The van der Waals surface area contributed by atoms with Crippen LogP contribution in [0.1, 0.15) is 60.3 Å². The number of anilines is 2. The molecule has 2 heterocycles. The van der Waals surface area contributed by atoms with Gasteiger partial charge < -0.3 is 15.1 Å². The van der Waals surface area contributed by atoms with Crippen LogP contribution in [0.3, 0.4) is 0 Å². The van der Waals surface area contributed by atoms with Crippen molar-refractivity contribution in [1.29, 1.82) is 0 Å². The van der Waals surface area contributed by atoms with Gasteiger partial charge in [-0.15, -0.1) is 0 Å². The van der Waals surface area contributed by atoms with Gasteiger partial charge in [-0.2, -0.15) is 0 Å². The lowest BCUT2D eigenvalue weighted by Crippen LogP contribution is -2.43. The van der Waals surface area contributed by atoms with E-state index < -0.39 is 5.41 Å². The van der Waals surface area contributed by atoms with E-state index >= 15 is 0 Å². The lowest BCUT2D eigenvalue weighted by Gasteiger charge is -2.33. The maximum Gasteiger partial charge on any atom is 0.254 e. The zero-order valence-electron chi connectivity index (χ0n) is 22.1. The van der Waals surface area contributed by atoms with Crippen LogP contribution < -0.4 is 10.2 Å². The van der Waals surface area contributed by atoms with Crippen LogP contribution in [0.2, 0.25) is 0 Å². The molecule has 0 saturated heterocycles. The van der Waals surface area contributed by atoms with Crippen LogP contribution in [0.25, 0.3) is 0 Å². The molecule has 4 rings (SSSR count). The van der Waals surface area contributed by atoms with E-state index in [1.165, 1.54) is 4.90 Å². The summed E-state index contributed by atoms with van der Waals surface area (Å²) < 4.78 is 0. The highest BCUT2D eigenvalue weighted by molar-refractivity contribution is 6.19. The maximum atomic E-state index is 13.8. The topological polar surface area (TPSA) is 82.6 Å². The zero-order valence-corrected chi connectivity index (χ0v) is 22.1.